The minimum atomic E-state index is -0.872. The second-order valence-corrected chi connectivity index (χ2v) is 12.2. The van der Waals surface area contributed by atoms with Crippen LogP contribution in [-0.2, 0) is 23.7 Å². The summed E-state index contributed by atoms with van der Waals surface area (Å²) in [6.07, 6.45) is 1.41. The summed E-state index contributed by atoms with van der Waals surface area (Å²) in [4.78, 5) is 0. The zero-order valence-electron chi connectivity index (χ0n) is 26.6. The van der Waals surface area contributed by atoms with Crippen LogP contribution in [0, 0.1) is 5.92 Å². The molecule has 0 aromatic heterocycles. The molecule has 4 N–H and O–H groups in total. The molecule has 0 radical (unpaired) electrons. The van der Waals surface area contributed by atoms with Crippen molar-refractivity contribution in [2.24, 2.45) is 5.92 Å². The van der Waals surface area contributed by atoms with E-state index in [-0.39, 0.29) is 32.3 Å². The predicted octanol–water partition coefficient (Wildman–Crippen LogP) is 3.87. The van der Waals surface area contributed by atoms with Crippen molar-refractivity contribution >= 4 is 0 Å². The van der Waals surface area contributed by atoms with E-state index in [0.29, 0.717) is 45.3 Å². The van der Waals surface area contributed by atoms with Crippen molar-refractivity contribution in [3.05, 3.63) is 0 Å². The number of aliphatic hydroxyl groups is 4. The van der Waals surface area contributed by atoms with Crippen molar-refractivity contribution in [3.8, 4) is 0 Å². The Morgan fingerprint density at radius 2 is 1.13 bits per heavy atom. The third-order valence-electron chi connectivity index (χ3n) is 8.38. The standard InChI is InChI=1S/C30H62O9/c1-11-28(7,35-10)17-26(19-32)39-27(5,6)23(20-37-29(8,12-2)15-24(33)18-31)21-38-30(9,13-3)16-25(34)22-36-14-4/h23-26,31-34H,11-22H2,1-10H3/t23?,24?,25?,26?,28-,29?,30?/m0/s1. The van der Waals surface area contributed by atoms with Crippen LogP contribution in [0.1, 0.15) is 101 Å². The first-order valence-corrected chi connectivity index (χ1v) is 14.8. The Kier molecular flexibility index (Phi) is 18.1. The number of rotatable bonds is 24. The normalized spacial score (nSPS) is 20.5. The lowest BCUT2D eigenvalue weighted by molar-refractivity contribution is -0.190. The van der Waals surface area contributed by atoms with Gasteiger partial charge in [-0.3, -0.25) is 0 Å². The fraction of sp³-hybridized carbons (Fsp3) is 1.00. The fourth-order valence-corrected chi connectivity index (χ4v) is 4.56. The zero-order chi connectivity index (χ0) is 30.3. The molecule has 6 unspecified atom stereocenters. The van der Waals surface area contributed by atoms with Gasteiger partial charge in [0.1, 0.15) is 0 Å². The third kappa shape index (κ3) is 14.4. The Balaban J connectivity index is 5.88. The van der Waals surface area contributed by atoms with Crippen molar-refractivity contribution < 1.29 is 44.1 Å². The Hall–Kier alpha value is -0.360. The van der Waals surface area contributed by atoms with Crippen molar-refractivity contribution in [3.63, 3.8) is 0 Å². The summed E-state index contributed by atoms with van der Waals surface area (Å²) < 4.78 is 30.5. The molecule has 0 heterocycles. The highest BCUT2D eigenvalue weighted by atomic mass is 16.5. The maximum absolute atomic E-state index is 10.5. The summed E-state index contributed by atoms with van der Waals surface area (Å²) in [5.41, 5.74) is -2.41. The van der Waals surface area contributed by atoms with Gasteiger partial charge in [0.05, 0.1) is 73.8 Å². The summed E-state index contributed by atoms with van der Waals surface area (Å²) in [7, 11) is 1.67. The van der Waals surface area contributed by atoms with Crippen LogP contribution >= 0.6 is 0 Å². The van der Waals surface area contributed by atoms with Crippen molar-refractivity contribution in [1.82, 2.24) is 0 Å². The number of hydrogen-bond acceptors (Lipinski definition) is 9. The highest BCUT2D eigenvalue weighted by Crippen LogP contribution is 2.33. The first-order valence-electron chi connectivity index (χ1n) is 14.8. The lowest BCUT2D eigenvalue weighted by Crippen LogP contribution is -2.48. The van der Waals surface area contributed by atoms with Crippen LogP contribution in [0.2, 0.25) is 0 Å². The predicted molar refractivity (Wildman–Crippen MR) is 154 cm³/mol. The van der Waals surface area contributed by atoms with Gasteiger partial charge in [0.15, 0.2) is 0 Å². The van der Waals surface area contributed by atoms with Crippen molar-refractivity contribution in [2.45, 2.75) is 142 Å². The highest BCUT2D eigenvalue weighted by Gasteiger charge is 2.39. The molecule has 0 aliphatic carbocycles. The van der Waals surface area contributed by atoms with Gasteiger partial charge in [-0.05, 0) is 60.8 Å². The minimum Gasteiger partial charge on any atom is -0.394 e. The Bertz CT molecular complexity index is 628. The maximum atomic E-state index is 10.5. The Morgan fingerprint density at radius 1 is 0.641 bits per heavy atom. The zero-order valence-corrected chi connectivity index (χ0v) is 26.6. The van der Waals surface area contributed by atoms with Crippen molar-refractivity contribution in [2.75, 3.05) is 46.8 Å². The molecule has 0 aromatic rings. The third-order valence-corrected chi connectivity index (χ3v) is 8.38. The molecule has 39 heavy (non-hydrogen) atoms. The van der Waals surface area contributed by atoms with E-state index in [1.165, 1.54) is 0 Å². The van der Waals surface area contributed by atoms with E-state index >= 15 is 0 Å². The monoisotopic (exact) mass is 566 g/mol. The lowest BCUT2D eigenvalue weighted by atomic mass is 9.88. The molecular formula is C30H62O9. The number of hydrogen-bond donors (Lipinski definition) is 4. The van der Waals surface area contributed by atoms with E-state index in [2.05, 4.69) is 0 Å². The van der Waals surface area contributed by atoms with Gasteiger partial charge in [-0.1, -0.05) is 20.8 Å². The van der Waals surface area contributed by atoms with E-state index < -0.39 is 40.7 Å². The fourth-order valence-electron chi connectivity index (χ4n) is 4.56. The van der Waals surface area contributed by atoms with Crippen LogP contribution in [0.3, 0.4) is 0 Å². The van der Waals surface area contributed by atoms with E-state index in [9.17, 15) is 20.4 Å². The van der Waals surface area contributed by atoms with Gasteiger partial charge in [0, 0.05) is 38.9 Å². The summed E-state index contributed by atoms with van der Waals surface area (Å²) in [5.74, 6) is -0.242. The average molecular weight is 567 g/mol. The van der Waals surface area contributed by atoms with Gasteiger partial charge < -0.3 is 44.1 Å². The van der Waals surface area contributed by atoms with Crippen LogP contribution in [-0.4, -0.2) is 108 Å². The Morgan fingerprint density at radius 3 is 1.51 bits per heavy atom. The molecular weight excluding hydrogens is 504 g/mol. The number of ether oxygens (including phenoxy) is 5. The van der Waals surface area contributed by atoms with Crippen molar-refractivity contribution in [1.29, 1.82) is 0 Å². The second kappa shape index (κ2) is 18.2. The maximum Gasteiger partial charge on any atom is 0.0840 e. The smallest absolute Gasteiger partial charge is 0.0840 e. The van der Waals surface area contributed by atoms with E-state index in [1.54, 1.807) is 7.11 Å². The highest BCUT2D eigenvalue weighted by molar-refractivity contribution is 4.88. The summed E-state index contributed by atoms with van der Waals surface area (Å²) >= 11 is 0. The number of methoxy groups -OCH3 is 1. The van der Waals surface area contributed by atoms with E-state index in [1.807, 2.05) is 62.3 Å². The molecule has 0 rings (SSSR count). The Labute approximate surface area is 238 Å². The molecule has 0 fully saturated rings. The molecule has 0 aliphatic heterocycles. The molecule has 0 spiro atoms. The van der Waals surface area contributed by atoms with Gasteiger partial charge in [-0.15, -0.1) is 0 Å². The van der Waals surface area contributed by atoms with Crippen LogP contribution in [0.4, 0.5) is 0 Å². The van der Waals surface area contributed by atoms with Crippen LogP contribution in [0.5, 0.6) is 0 Å². The van der Waals surface area contributed by atoms with E-state index in [4.69, 9.17) is 23.7 Å². The molecule has 9 heteroatoms. The van der Waals surface area contributed by atoms with Gasteiger partial charge in [-0.25, -0.2) is 0 Å². The van der Waals surface area contributed by atoms with Gasteiger partial charge in [0.2, 0.25) is 0 Å². The molecule has 0 bridgehead atoms. The lowest BCUT2D eigenvalue weighted by Gasteiger charge is -2.42. The van der Waals surface area contributed by atoms with Gasteiger partial charge in [0.25, 0.3) is 0 Å². The summed E-state index contributed by atoms with van der Waals surface area (Å²) in [5, 5.41) is 40.1. The average Bonchev–Trinajstić information content (AvgIpc) is 2.90. The van der Waals surface area contributed by atoms with E-state index in [0.717, 1.165) is 6.42 Å². The largest absolute Gasteiger partial charge is 0.394 e. The molecule has 0 aliphatic rings. The quantitative estimate of drug-likeness (QED) is 0.138. The number of aliphatic hydroxyl groups excluding tert-OH is 4. The van der Waals surface area contributed by atoms with Crippen LogP contribution in [0.25, 0.3) is 0 Å². The first-order chi connectivity index (χ1) is 18.1. The topological polar surface area (TPSA) is 127 Å². The van der Waals surface area contributed by atoms with Gasteiger partial charge in [-0.2, -0.15) is 0 Å². The molecule has 0 aromatic carbocycles. The molecule has 0 saturated carbocycles. The minimum absolute atomic E-state index is 0.150. The molecule has 0 saturated heterocycles. The summed E-state index contributed by atoms with van der Waals surface area (Å²) in [6.45, 7) is 18.7. The van der Waals surface area contributed by atoms with Crippen LogP contribution in [0.15, 0.2) is 0 Å². The second-order valence-electron chi connectivity index (χ2n) is 12.2. The molecule has 9 nitrogen and oxygen atoms in total. The molecule has 236 valence electrons. The van der Waals surface area contributed by atoms with Gasteiger partial charge >= 0.3 is 0 Å². The molecule has 7 atom stereocenters. The SMILES string of the molecule is CCOCC(O)CC(C)(CC)OCC(COC(C)(CC)CC(O)CO)C(C)(C)OC(CO)C[C@](C)(CC)OC. The molecule has 0 amide bonds. The van der Waals surface area contributed by atoms with Crippen LogP contribution < -0.4 is 0 Å². The summed E-state index contributed by atoms with van der Waals surface area (Å²) in [6, 6.07) is 0. The first kappa shape index (κ1) is 38.6.